The van der Waals surface area contributed by atoms with E-state index in [0.29, 0.717) is 0 Å². The molecule has 1 saturated heterocycles. The zero-order valence-corrected chi connectivity index (χ0v) is 14.9. The van der Waals surface area contributed by atoms with Crippen LogP contribution in [0.15, 0.2) is 34.1 Å². The van der Waals surface area contributed by atoms with Gasteiger partial charge in [0.15, 0.2) is 0 Å². The number of halogens is 1. The number of hydrogen-bond donors (Lipinski definition) is 0. The zero-order chi connectivity index (χ0) is 15.5. The number of nitrogens with zero attached hydrogens (tertiary/aromatic N) is 3. The minimum absolute atomic E-state index is 0.122. The smallest absolute Gasteiger partial charge is 0.253 e. The van der Waals surface area contributed by atoms with Gasteiger partial charge in [0.2, 0.25) is 0 Å². The molecule has 0 aliphatic carbocycles. The first-order chi connectivity index (χ1) is 10.6. The molecule has 1 aliphatic heterocycles. The van der Waals surface area contributed by atoms with Crippen LogP contribution >= 0.6 is 27.3 Å². The first-order valence-corrected chi connectivity index (χ1v) is 8.97. The Hall–Kier alpha value is -1.24. The summed E-state index contributed by atoms with van der Waals surface area (Å²) in [5, 5.41) is 3.24. The van der Waals surface area contributed by atoms with Crippen molar-refractivity contribution >= 4 is 33.2 Å². The minimum atomic E-state index is 0.122. The van der Waals surface area contributed by atoms with Crippen molar-refractivity contribution in [1.29, 1.82) is 0 Å². The molecule has 2 heterocycles. The van der Waals surface area contributed by atoms with Crippen LogP contribution in [0.2, 0.25) is 0 Å². The maximum absolute atomic E-state index is 12.5. The molecule has 3 rings (SSSR count). The summed E-state index contributed by atoms with van der Waals surface area (Å²) in [6, 6.07) is 7.57. The molecule has 116 valence electrons. The van der Waals surface area contributed by atoms with Gasteiger partial charge in [0.1, 0.15) is 5.01 Å². The Morgan fingerprint density at radius 2 is 1.91 bits per heavy atom. The molecule has 6 heteroatoms. The third-order valence-electron chi connectivity index (χ3n) is 3.78. The van der Waals surface area contributed by atoms with Crippen LogP contribution in [0.3, 0.4) is 0 Å². The number of thiazole rings is 1. The largest absolute Gasteiger partial charge is 0.336 e. The van der Waals surface area contributed by atoms with Gasteiger partial charge in [-0.1, -0.05) is 15.9 Å². The van der Waals surface area contributed by atoms with Crippen molar-refractivity contribution in [3.8, 4) is 0 Å². The van der Waals surface area contributed by atoms with Gasteiger partial charge in [0.25, 0.3) is 5.91 Å². The number of rotatable bonds is 3. The van der Waals surface area contributed by atoms with Crippen molar-refractivity contribution < 1.29 is 4.79 Å². The van der Waals surface area contributed by atoms with Crippen molar-refractivity contribution in [1.82, 2.24) is 14.8 Å². The normalized spacial score (nSPS) is 16.0. The molecule has 22 heavy (non-hydrogen) atoms. The molecule has 0 spiro atoms. The standard InChI is InChI=1S/C16H18BrN3OS/c1-12-11-22-15(18-12)10-19-6-8-20(9-7-19)16(21)13-2-4-14(17)5-3-13/h2-5,11H,6-10H2,1H3. The molecule has 4 nitrogen and oxygen atoms in total. The first kappa shape index (κ1) is 15.6. The summed E-state index contributed by atoms with van der Waals surface area (Å²) in [6.07, 6.45) is 0. The van der Waals surface area contributed by atoms with Gasteiger partial charge in [0, 0.05) is 47.3 Å². The van der Waals surface area contributed by atoms with Gasteiger partial charge in [-0.05, 0) is 31.2 Å². The molecule has 0 saturated carbocycles. The van der Waals surface area contributed by atoms with Crippen LogP contribution in [0.1, 0.15) is 21.1 Å². The average molecular weight is 380 g/mol. The number of carbonyl (C=O) groups excluding carboxylic acids is 1. The average Bonchev–Trinajstić information content (AvgIpc) is 2.93. The van der Waals surface area contributed by atoms with Crippen LogP contribution in [0.4, 0.5) is 0 Å². The number of piperazine rings is 1. The Morgan fingerprint density at radius 1 is 1.23 bits per heavy atom. The molecule has 0 unspecified atom stereocenters. The second kappa shape index (κ2) is 6.89. The molecule has 0 N–H and O–H groups in total. The lowest BCUT2D eigenvalue weighted by atomic mass is 10.2. The number of benzene rings is 1. The molecule has 1 aliphatic rings. The van der Waals surface area contributed by atoms with Crippen molar-refractivity contribution in [3.63, 3.8) is 0 Å². The molecule has 1 aromatic carbocycles. The van der Waals surface area contributed by atoms with Crippen LogP contribution in [0.5, 0.6) is 0 Å². The maximum atomic E-state index is 12.5. The summed E-state index contributed by atoms with van der Waals surface area (Å²) in [5.74, 6) is 0.122. The van der Waals surface area contributed by atoms with E-state index in [1.165, 1.54) is 0 Å². The Labute approximate surface area is 142 Å². The number of hydrogen-bond acceptors (Lipinski definition) is 4. The van der Waals surface area contributed by atoms with E-state index >= 15 is 0 Å². The number of carbonyl (C=O) groups is 1. The highest BCUT2D eigenvalue weighted by Crippen LogP contribution is 2.16. The quantitative estimate of drug-likeness (QED) is 0.821. The van der Waals surface area contributed by atoms with E-state index in [-0.39, 0.29) is 5.91 Å². The molecule has 0 bridgehead atoms. The lowest BCUT2D eigenvalue weighted by Crippen LogP contribution is -2.48. The lowest BCUT2D eigenvalue weighted by Gasteiger charge is -2.34. The summed E-state index contributed by atoms with van der Waals surface area (Å²) in [4.78, 5) is 21.3. The Kier molecular flexibility index (Phi) is 4.90. The fourth-order valence-electron chi connectivity index (χ4n) is 2.55. The molecule has 1 fully saturated rings. The van der Waals surface area contributed by atoms with Crippen LogP contribution in [0.25, 0.3) is 0 Å². The molecule has 0 radical (unpaired) electrons. The fraction of sp³-hybridized carbons (Fsp3) is 0.375. The van der Waals surface area contributed by atoms with Crippen molar-refractivity contribution in [2.45, 2.75) is 13.5 Å². The predicted octanol–water partition coefficient (Wildman–Crippen LogP) is 3.17. The van der Waals surface area contributed by atoms with Gasteiger partial charge in [0.05, 0.1) is 6.54 Å². The molecule has 0 atom stereocenters. The number of aromatic nitrogens is 1. The molecule has 2 aromatic rings. The van der Waals surface area contributed by atoms with E-state index in [1.54, 1.807) is 11.3 Å². The van der Waals surface area contributed by atoms with E-state index in [1.807, 2.05) is 36.1 Å². The van der Waals surface area contributed by atoms with E-state index in [9.17, 15) is 4.79 Å². The zero-order valence-electron chi connectivity index (χ0n) is 12.5. The van der Waals surface area contributed by atoms with Gasteiger partial charge in [-0.25, -0.2) is 4.98 Å². The third kappa shape index (κ3) is 3.74. The van der Waals surface area contributed by atoms with Crippen molar-refractivity contribution in [2.24, 2.45) is 0 Å². The highest BCUT2D eigenvalue weighted by molar-refractivity contribution is 9.10. The van der Waals surface area contributed by atoms with Gasteiger partial charge < -0.3 is 4.90 Å². The molecule has 1 amide bonds. The van der Waals surface area contributed by atoms with E-state index in [2.05, 4.69) is 31.2 Å². The van der Waals surface area contributed by atoms with Gasteiger partial charge in [-0.2, -0.15) is 0 Å². The highest BCUT2D eigenvalue weighted by atomic mass is 79.9. The maximum Gasteiger partial charge on any atom is 0.253 e. The van der Waals surface area contributed by atoms with Crippen molar-refractivity contribution in [2.75, 3.05) is 26.2 Å². The number of aryl methyl sites for hydroxylation is 1. The summed E-state index contributed by atoms with van der Waals surface area (Å²) in [6.45, 7) is 6.27. The van der Waals surface area contributed by atoms with Crippen molar-refractivity contribution in [3.05, 3.63) is 50.4 Å². The van der Waals surface area contributed by atoms with E-state index in [0.717, 1.165) is 53.5 Å². The summed E-state index contributed by atoms with van der Waals surface area (Å²) >= 11 is 5.11. The second-order valence-electron chi connectivity index (χ2n) is 5.46. The Balaban J connectivity index is 1.55. The van der Waals surface area contributed by atoms with Crippen LogP contribution in [-0.2, 0) is 6.54 Å². The lowest BCUT2D eigenvalue weighted by molar-refractivity contribution is 0.0628. The molecular formula is C16H18BrN3OS. The minimum Gasteiger partial charge on any atom is -0.336 e. The Morgan fingerprint density at radius 3 is 2.50 bits per heavy atom. The highest BCUT2D eigenvalue weighted by Gasteiger charge is 2.22. The predicted molar refractivity (Wildman–Crippen MR) is 92.2 cm³/mol. The van der Waals surface area contributed by atoms with E-state index in [4.69, 9.17) is 0 Å². The van der Waals surface area contributed by atoms with Gasteiger partial charge in [-0.15, -0.1) is 11.3 Å². The molecular weight excluding hydrogens is 362 g/mol. The second-order valence-corrected chi connectivity index (χ2v) is 7.32. The Bertz CT molecular complexity index is 648. The summed E-state index contributed by atoms with van der Waals surface area (Å²) < 4.78 is 0.993. The topological polar surface area (TPSA) is 36.4 Å². The summed E-state index contributed by atoms with van der Waals surface area (Å²) in [7, 11) is 0. The van der Waals surface area contributed by atoms with Crippen LogP contribution < -0.4 is 0 Å². The first-order valence-electron chi connectivity index (χ1n) is 7.30. The third-order valence-corrected chi connectivity index (χ3v) is 5.26. The number of amides is 1. The van der Waals surface area contributed by atoms with E-state index < -0.39 is 0 Å². The molecule has 1 aromatic heterocycles. The monoisotopic (exact) mass is 379 g/mol. The SMILES string of the molecule is Cc1csc(CN2CCN(C(=O)c3ccc(Br)cc3)CC2)n1. The van der Waals surface area contributed by atoms with Gasteiger partial charge in [-0.3, -0.25) is 9.69 Å². The fourth-order valence-corrected chi connectivity index (χ4v) is 3.63. The van der Waals surface area contributed by atoms with Gasteiger partial charge >= 0.3 is 0 Å². The summed E-state index contributed by atoms with van der Waals surface area (Å²) in [5.41, 5.74) is 1.84. The van der Waals surface area contributed by atoms with Crippen LogP contribution in [-0.4, -0.2) is 46.9 Å². The van der Waals surface area contributed by atoms with Crippen LogP contribution in [0, 0.1) is 6.92 Å².